The number of aryl methyl sites for hydroxylation is 1. The number of benzene rings is 3. The molecule has 7 rings (SSSR count). The molecule has 232 valence electrons. The van der Waals surface area contributed by atoms with Gasteiger partial charge in [0, 0.05) is 67.0 Å². The molecule has 2 aliphatic heterocycles. The summed E-state index contributed by atoms with van der Waals surface area (Å²) in [5, 5.41) is 10.4. The van der Waals surface area contributed by atoms with Crippen LogP contribution in [0.1, 0.15) is 64.7 Å². The molecule has 45 heavy (non-hydrogen) atoms. The summed E-state index contributed by atoms with van der Waals surface area (Å²) >= 11 is 0. The molecule has 1 N–H and O–H groups in total. The Morgan fingerprint density at radius 3 is 2.49 bits per heavy atom. The van der Waals surface area contributed by atoms with Crippen LogP contribution in [0.2, 0.25) is 0 Å². The number of nitrogens with one attached hydrogen (secondary N) is 1. The first-order valence-corrected chi connectivity index (χ1v) is 17.0. The summed E-state index contributed by atoms with van der Waals surface area (Å²) in [6.45, 7) is 8.58. The molecule has 1 aliphatic carbocycles. The van der Waals surface area contributed by atoms with Crippen molar-refractivity contribution in [1.82, 2.24) is 14.8 Å². The molecule has 6 nitrogen and oxygen atoms in total. The molecule has 0 spiro atoms. The van der Waals surface area contributed by atoms with Gasteiger partial charge in [-0.05, 0) is 118 Å². The second-order valence-corrected chi connectivity index (χ2v) is 13.5. The highest BCUT2D eigenvalue weighted by Gasteiger charge is 2.34. The van der Waals surface area contributed by atoms with Gasteiger partial charge >= 0.3 is 0 Å². The number of Topliss-reactive ketones (excluding diaryl/α,β-unsaturated/α-hetero) is 1. The minimum absolute atomic E-state index is 0.162. The zero-order valence-corrected chi connectivity index (χ0v) is 26.4. The van der Waals surface area contributed by atoms with Crippen molar-refractivity contribution in [3.63, 3.8) is 0 Å². The van der Waals surface area contributed by atoms with E-state index in [-0.39, 0.29) is 5.92 Å². The van der Waals surface area contributed by atoms with Gasteiger partial charge in [0.25, 0.3) is 0 Å². The minimum atomic E-state index is 0.162. The fourth-order valence-corrected chi connectivity index (χ4v) is 7.90. The lowest BCUT2D eigenvalue weighted by atomic mass is 9.85. The Hall–Kier alpha value is -3.92. The summed E-state index contributed by atoms with van der Waals surface area (Å²) in [5.74, 6) is 1.21. The fourth-order valence-electron chi connectivity index (χ4n) is 7.90. The van der Waals surface area contributed by atoms with Crippen molar-refractivity contribution in [3.8, 4) is 6.07 Å². The molecule has 0 amide bonds. The van der Waals surface area contributed by atoms with Crippen molar-refractivity contribution < 1.29 is 4.79 Å². The number of piperazine rings is 1. The Bertz CT molecular complexity index is 1650. The standard InChI is InChI=1S/C39H45N5O/c40-26-31-9-12-38-36(23-31)33(27-41-38)8-4-5-15-42-18-20-44(21-19-42)35-11-10-32-24-34(39(45)37(32)25-35)22-29-13-16-43(17-14-29)28-30-6-2-1-3-7-30/h1-3,6-7,9-12,23,25,27,29,34,41H,4-5,8,13-22,24,28H2. The lowest BCUT2D eigenvalue weighted by Crippen LogP contribution is -2.46. The van der Waals surface area contributed by atoms with Gasteiger partial charge in [0.05, 0.1) is 11.6 Å². The lowest BCUT2D eigenvalue weighted by Gasteiger charge is -2.36. The second-order valence-electron chi connectivity index (χ2n) is 13.5. The van der Waals surface area contributed by atoms with Gasteiger partial charge in [0.15, 0.2) is 5.78 Å². The van der Waals surface area contributed by atoms with Gasteiger partial charge < -0.3 is 9.88 Å². The van der Waals surface area contributed by atoms with Crippen molar-refractivity contribution in [2.75, 3.05) is 50.7 Å². The van der Waals surface area contributed by atoms with Gasteiger partial charge in [-0.1, -0.05) is 36.4 Å². The lowest BCUT2D eigenvalue weighted by molar-refractivity contribution is 0.0895. The molecule has 0 saturated carbocycles. The van der Waals surface area contributed by atoms with Crippen molar-refractivity contribution in [3.05, 3.63) is 101 Å². The first-order valence-electron chi connectivity index (χ1n) is 17.0. The zero-order chi connectivity index (χ0) is 30.6. The number of nitriles is 1. The maximum absolute atomic E-state index is 13.5. The number of fused-ring (bicyclic) bond motifs is 2. The molecule has 1 atom stereocenters. The fraction of sp³-hybridized carbons (Fsp3) is 0.436. The SMILES string of the molecule is N#Cc1ccc2[nH]cc(CCCCN3CCN(c4ccc5c(c4)C(=O)C(CC4CCN(Cc6ccccc6)CC4)C5)CC3)c2c1. The number of piperidine rings is 1. The van der Waals surface area contributed by atoms with Crippen LogP contribution in [0.3, 0.4) is 0 Å². The normalized spacial score (nSPS) is 19.7. The molecule has 0 radical (unpaired) electrons. The van der Waals surface area contributed by atoms with E-state index in [0.717, 1.165) is 94.7 Å². The first kappa shape index (κ1) is 29.8. The van der Waals surface area contributed by atoms with E-state index < -0.39 is 0 Å². The van der Waals surface area contributed by atoms with E-state index in [1.54, 1.807) is 0 Å². The zero-order valence-electron chi connectivity index (χ0n) is 26.4. The Balaban J connectivity index is 0.847. The summed E-state index contributed by atoms with van der Waals surface area (Å²) in [5.41, 5.74) is 7.99. The number of aromatic nitrogens is 1. The van der Waals surface area contributed by atoms with Gasteiger partial charge in [-0.3, -0.25) is 14.6 Å². The number of carbonyl (C=O) groups is 1. The number of likely N-dealkylation sites (tertiary alicyclic amines) is 1. The third kappa shape index (κ3) is 6.85. The van der Waals surface area contributed by atoms with Crippen LogP contribution in [0.5, 0.6) is 0 Å². The number of hydrogen-bond donors (Lipinski definition) is 1. The number of unbranched alkanes of at least 4 members (excludes halogenated alkanes) is 1. The molecule has 2 fully saturated rings. The number of rotatable bonds is 10. The van der Waals surface area contributed by atoms with E-state index in [1.165, 1.54) is 47.0 Å². The van der Waals surface area contributed by atoms with Gasteiger partial charge in [-0.2, -0.15) is 5.26 Å². The van der Waals surface area contributed by atoms with Crippen LogP contribution in [0.15, 0.2) is 72.9 Å². The monoisotopic (exact) mass is 599 g/mol. The minimum Gasteiger partial charge on any atom is -0.369 e. The molecular weight excluding hydrogens is 554 g/mol. The van der Waals surface area contributed by atoms with Crippen molar-refractivity contribution in [1.29, 1.82) is 5.26 Å². The third-order valence-corrected chi connectivity index (χ3v) is 10.6. The van der Waals surface area contributed by atoms with Crippen LogP contribution in [-0.2, 0) is 19.4 Å². The molecule has 1 unspecified atom stereocenters. The van der Waals surface area contributed by atoms with Gasteiger partial charge in [-0.25, -0.2) is 0 Å². The Kier molecular flexibility index (Phi) is 9.00. The highest BCUT2D eigenvalue weighted by atomic mass is 16.1. The average molecular weight is 600 g/mol. The molecule has 3 aromatic carbocycles. The molecular formula is C39H45N5O. The van der Waals surface area contributed by atoms with Crippen LogP contribution in [0.25, 0.3) is 10.9 Å². The first-order chi connectivity index (χ1) is 22.1. The Labute approximate surface area is 267 Å². The maximum Gasteiger partial charge on any atom is 0.166 e. The van der Waals surface area contributed by atoms with Crippen molar-refractivity contribution in [2.45, 2.75) is 51.5 Å². The number of aromatic amines is 1. The summed E-state index contributed by atoms with van der Waals surface area (Å²) in [6, 6.07) is 25.6. The average Bonchev–Trinajstić information content (AvgIpc) is 3.63. The largest absolute Gasteiger partial charge is 0.369 e. The van der Waals surface area contributed by atoms with E-state index in [2.05, 4.69) is 80.5 Å². The van der Waals surface area contributed by atoms with Gasteiger partial charge in [0.2, 0.25) is 0 Å². The van der Waals surface area contributed by atoms with Crippen LogP contribution < -0.4 is 4.90 Å². The highest BCUT2D eigenvalue weighted by Crippen LogP contribution is 2.36. The Morgan fingerprint density at radius 1 is 0.867 bits per heavy atom. The van der Waals surface area contributed by atoms with E-state index in [4.69, 9.17) is 0 Å². The highest BCUT2D eigenvalue weighted by molar-refractivity contribution is 6.03. The molecule has 1 aromatic heterocycles. The van der Waals surface area contributed by atoms with E-state index in [0.29, 0.717) is 11.7 Å². The van der Waals surface area contributed by atoms with Gasteiger partial charge in [0.1, 0.15) is 0 Å². The number of ketones is 1. The Morgan fingerprint density at radius 2 is 1.69 bits per heavy atom. The van der Waals surface area contributed by atoms with Crippen molar-refractivity contribution in [2.24, 2.45) is 11.8 Å². The predicted molar refractivity (Wildman–Crippen MR) is 182 cm³/mol. The van der Waals surface area contributed by atoms with Crippen molar-refractivity contribution >= 4 is 22.4 Å². The van der Waals surface area contributed by atoms with E-state index in [1.807, 2.05) is 18.2 Å². The quantitative estimate of drug-likeness (QED) is 0.202. The molecule has 3 heterocycles. The topological polar surface area (TPSA) is 66.4 Å². The maximum atomic E-state index is 13.5. The third-order valence-electron chi connectivity index (χ3n) is 10.6. The van der Waals surface area contributed by atoms with Crippen LogP contribution in [0, 0.1) is 23.2 Å². The second kappa shape index (κ2) is 13.6. The van der Waals surface area contributed by atoms with E-state index >= 15 is 0 Å². The number of H-pyrrole nitrogens is 1. The number of nitrogens with zero attached hydrogens (tertiary/aromatic N) is 4. The summed E-state index contributed by atoms with van der Waals surface area (Å²) in [7, 11) is 0. The molecule has 0 bridgehead atoms. The van der Waals surface area contributed by atoms with E-state index in [9.17, 15) is 10.1 Å². The molecule has 6 heteroatoms. The number of anilines is 1. The number of carbonyl (C=O) groups excluding carboxylic acids is 1. The molecule has 4 aromatic rings. The van der Waals surface area contributed by atoms with Crippen LogP contribution in [0.4, 0.5) is 5.69 Å². The van der Waals surface area contributed by atoms with Crippen LogP contribution >= 0.6 is 0 Å². The smallest absolute Gasteiger partial charge is 0.166 e. The molecule has 3 aliphatic rings. The summed E-state index contributed by atoms with van der Waals surface area (Å²) in [6.07, 6.45) is 9.82. The summed E-state index contributed by atoms with van der Waals surface area (Å²) < 4.78 is 0. The summed E-state index contributed by atoms with van der Waals surface area (Å²) in [4.78, 5) is 24.5. The van der Waals surface area contributed by atoms with Gasteiger partial charge in [-0.15, -0.1) is 0 Å². The number of hydrogen-bond acceptors (Lipinski definition) is 5. The molecule has 2 saturated heterocycles. The predicted octanol–water partition coefficient (Wildman–Crippen LogP) is 6.84. The van der Waals surface area contributed by atoms with Crippen LogP contribution in [-0.4, -0.2) is 66.4 Å².